The number of amides is 1. The van der Waals surface area contributed by atoms with Crippen LogP contribution >= 0.6 is 27.7 Å². The van der Waals surface area contributed by atoms with Crippen molar-refractivity contribution in [1.82, 2.24) is 15.0 Å². The number of nitrogens with one attached hydrogen (secondary N) is 1. The third-order valence-corrected chi connectivity index (χ3v) is 6.45. The van der Waals surface area contributed by atoms with Gasteiger partial charge in [-0.3, -0.25) is 14.2 Å². The smallest absolute Gasteiger partial charge is 0.266 e. The van der Waals surface area contributed by atoms with Gasteiger partial charge in [0.15, 0.2) is 5.16 Å². The summed E-state index contributed by atoms with van der Waals surface area (Å²) in [7, 11) is 1.57. The summed E-state index contributed by atoms with van der Waals surface area (Å²) < 4.78 is 7.73. The Labute approximate surface area is 209 Å². The van der Waals surface area contributed by atoms with E-state index < -0.39 is 0 Å². The topological polar surface area (TPSA) is 85.6 Å². The quantitative estimate of drug-likeness (QED) is 0.160. The summed E-state index contributed by atoms with van der Waals surface area (Å²) in [5.41, 5.74) is 5.30. The summed E-state index contributed by atoms with van der Waals surface area (Å²) in [6, 6.07) is 20.3. The molecular formula is C25H21BrN4O3S. The van der Waals surface area contributed by atoms with Gasteiger partial charge in [-0.2, -0.15) is 5.10 Å². The van der Waals surface area contributed by atoms with E-state index in [0.717, 1.165) is 21.3 Å². The molecule has 3 aromatic carbocycles. The largest absolute Gasteiger partial charge is 0.496 e. The van der Waals surface area contributed by atoms with Gasteiger partial charge in [-0.1, -0.05) is 58.0 Å². The van der Waals surface area contributed by atoms with E-state index in [1.165, 1.54) is 18.0 Å². The molecule has 0 spiro atoms. The van der Waals surface area contributed by atoms with E-state index in [-0.39, 0.29) is 17.2 Å². The molecule has 4 rings (SSSR count). The van der Waals surface area contributed by atoms with Gasteiger partial charge in [0.05, 0.1) is 35.7 Å². The number of hydrazone groups is 1. The van der Waals surface area contributed by atoms with Crippen LogP contribution in [0.3, 0.4) is 0 Å². The van der Waals surface area contributed by atoms with E-state index in [4.69, 9.17) is 4.74 Å². The van der Waals surface area contributed by atoms with Crippen LogP contribution in [0.1, 0.15) is 11.1 Å². The van der Waals surface area contributed by atoms with Gasteiger partial charge in [-0.15, -0.1) is 0 Å². The van der Waals surface area contributed by atoms with Crippen molar-refractivity contribution in [2.45, 2.75) is 12.1 Å². The lowest BCUT2D eigenvalue weighted by Gasteiger charge is -2.14. The van der Waals surface area contributed by atoms with Crippen molar-refractivity contribution in [2.24, 2.45) is 5.10 Å². The second-order valence-corrected chi connectivity index (χ2v) is 9.16. The summed E-state index contributed by atoms with van der Waals surface area (Å²) in [5, 5.41) is 4.99. The van der Waals surface area contributed by atoms with Crippen LogP contribution in [0.25, 0.3) is 16.6 Å². The average molecular weight is 537 g/mol. The molecule has 1 amide bonds. The van der Waals surface area contributed by atoms with Gasteiger partial charge >= 0.3 is 0 Å². The van der Waals surface area contributed by atoms with Crippen LogP contribution in [0.2, 0.25) is 0 Å². The minimum Gasteiger partial charge on any atom is -0.496 e. The average Bonchev–Trinajstić information content (AvgIpc) is 2.84. The first-order chi connectivity index (χ1) is 16.5. The van der Waals surface area contributed by atoms with Crippen LogP contribution in [0.15, 0.2) is 86.3 Å². The number of aryl methyl sites for hydroxylation is 1. The normalized spacial score (nSPS) is 11.1. The lowest BCUT2D eigenvalue weighted by molar-refractivity contribution is -0.118. The number of benzene rings is 3. The van der Waals surface area contributed by atoms with Crippen LogP contribution in [0, 0.1) is 6.92 Å². The monoisotopic (exact) mass is 536 g/mol. The highest BCUT2D eigenvalue weighted by Crippen LogP contribution is 2.23. The molecule has 0 bridgehead atoms. The number of methoxy groups -OCH3 is 1. The molecule has 7 nitrogen and oxygen atoms in total. The molecule has 0 fully saturated rings. The Morgan fingerprint density at radius 2 is 1.94 bits per heavy atom. The maximum absolute atomic E-state index is 13.3. The highest BCUT2D eigenvalue weighted by atomic mass is 79.9. The number of para-hydroxylation sites is 2. The molecule has 0 aliphatic rings. The van der Waals surface area contributed by atoms with Crippen molar-refractivity contribution in [3.63, 3.8) is 0 Å². The minimum atomic E-state index is -0.325. The number of aromatic nitrogens is 2. The van der Waals surface area contributed by atoms with E-state index >= 15 is 0 Å². The standard InChI is InChI=1S/C25H21BrN4O3S/c1-16-7-3-6-10-21(16)30-24(32)19-8-4-5-9-20(19)28-25(30)34-15-23(31)29-27-14-17-13-18(26)11-12-22(17)33-2/h3-14H,15H2,1-2H3,(H,29,31). The number of hydrogen-bond acceptors (Lipinski definition) is 6. The Hall–Kier alpha value is -3.43. The fourth-order valence-corrected chi connectivity index (χ4v) is 4.55. The summed E-state index contributed by atoms with van der Waals surface area (Å²) in [6.07, 6.45) is 1.52. The van der Waals surface area contributed by atoms with Crippen molar-refractivity contribution in [2.75, 3.05) is 12.9 Å². The molecule has 4 aromatic rings. The van der Waals surface area contributed by atoms with Crippen molar-refractivity contribution < 1.29 is 9.53 Å². The van der Waals surface area contributed by atoms with E-state index in [1.54, 1.807) is 29.9 Å². The molecule has 0 saturated carbocycles. The van der Waals surface area contributed by atoms with E-state index in [2.05, 4.69) is 31.4 Å². The van der Waals surface area contributed by atoms with Crippen molar-refractivity contribution in [1.29, 1.82) is 0 Å². The Morgan fingerprint density at radius 1 is 1.18 bits per heavy atom. The predicted octanol–water partition coefficient (Wildman–Crippen LogP) is 4.71. The van der Waals surface area contributed by atoms with Gasteiger partial charge in [0.25, 0.3) is 11.5 Å². The molecule has 0 saturated heterocycles. The number of halogens is 1. The summed E-state index contributed by atoms with van der Waals surface area (Å²) in [6.45, 7) is 1.93. The Morgan fingerprint density at radius 3 is 2.74 bits per heavy atom. The number of carbonyl (C=O) groups is 1. The van der Waals surface area contributed by atoms with Crippen LogP contribution < -0.4 is 15.7 Å². The van der Waals surface area contributed by atoms with Crippen LogP contribution in [-0.2, 0) is 4.79 Å². The molecule has 172 valence electrons. The number of carbonyl (C=O) groups excluding carboxylic acids is 1. The number of thioether (sulfide) groups is 1. The highest BCUT2D eigenvalue weighted by molar-refractivity contribution is 9.10. The first-order valence-corrected chi connectivity index (χ1v) is 12.1. The minimum absolute atomic E-state index is 0.0314. The molecular weight excluding hydrogens is 516 g/mol. The van der Waals surface area contributed by atoms with Crippen LogP contribution in [0.5, 0.6) is 5.75 Å². The summed E-state index contributed by atoms with van der Waals surface area (Å²) in [5.74, 6) is 0.344. The van der Waals surface area contributed by atoms with Gasteiger partial charge in [0.1, 0.15) is 5.75 Å². The van der Waals surface area contributed by atoms with E-state index in [0.29, 0.717) is 21.8 Å². The highest BCUT2D eigenvalue weighted by Gasteiger charge is 2.15. The van der Waals surface area contributed by atoms with Crippen molar-refractivity contribution in [3.8, 4) is 11.4 Å². The lowest BCUT2D eigenvalue weighted by Crippen LogP contribution is -2.24. The number of rotatable bonds is 7. The van der Waals surface area contributed by atoms with Crippen molar-refractivity contribution >= 4 is 50.7 Å². The maximum Gasteiger partial charge on any atom is 0.266 e. The second kappa shape index (κ2) is 10.7. The first-order valence-electron chi connectivity index (χ1n) is 10.3. The van der Waals surface area contributed by atoms with Crippen LogP contribution in [-0.4, -0.2) is 34.5 Å². The Kier molecular flexibility index (Phi) is 7.44. The van der Waals surface area contributed by atoms with E-state index in [1.807, 2.05) is 55.5 Å². The molecule has 9 heteroatoms. The third kappa shape index (κ3) is 5.21. The summed E-state index contributed by atoms with van der Waals surface area (Å²) in [4.78, 5) is 30.5. The molecule has 34 heavy (non-hydrogen) atoms. The van der Waals surface area contributed by atoms with Crippen LogP contribution in [0.4, 0.5) is 0 Å². The fraction of sp³-hybridized carbons (Fsp3) is 0.120. The van der Waals surface area contributed by atoms with Gasteiger partial charge < -0.3 is 4.74 Å². The first kappa shape index (κ1) is 23.7. The molecule has 0 aliphatic carbocycles. The molecule has 1 N–H and O–H groups in total. The summed E-state index contributed by atoms with van der Waals surface area (Å²) >= 11 is 4.59. The van der Waals surface area contributed by atoms with Gasteiger partial charge in [0.2, 0.25) is 0 Å². The predicted molar refractivity (Wildman–Crippen MR) is 139 cm³/mol. The van der Waals surface area contributed by atoms with Crippen molar-refractivity contribution in [3.05, 3.63) is 92.7 Å². The zero-order chi connectivity index (χ0) is 24.1. The molecule has 0 radical (unpaired) electrons. The maximum atomic E-state index is 13.3. The molecule has 0 atom stereocenters. The number of ether oxygens (including phenoxy) is 1. The zero-order valence-corrected chi connectivity index (χ0v) is 20.9. The Balaban J connectivity index is 1.57. The lowest BCUT2D eigenvalue weighted by atomic mass is 10.2. The third-order valence-electron chi connectivity index (χ3n) is 5.02. The molecule has 1 heterocycles. The SMILES string of the molecule is COc1ccc(Br)cc1C=NNC(=O)CSc1nc2ccccc2c(=O)n1-c1ccccc1C. The molecule has 0 unspecified atom stereocenters. The molecule has 1 aromatic heterocycles. The van der Waals surface area contributed by atoms with Gasteiger partial charge in [-0.05, 0) is 48.9 Å². The number of hydrogen-bond donors (Lipinski definition) is 1. The second-order valence-electron chi connectivity index (χ2n) is 7.31. The number of fused-ring (bicyclic) bond motifs is 1. The zero-order valence-electron chi connectivity index (χ0n) is 18.5. The Bertz CT molecular complexity index is 1450. The number of nitrogens with zero attached hydrogens (tertiary/aromatic N) is 3. The fourth-order valence-electron chi connectivity index (χ4n) is 3.38. The van der Waals surface area contributed by atoms with Gasteiger partial charge in [0, 0.05) is 10.0 Å². The van der Waals surface area contributed by atoms with E-state index in [9.17, 15) is 9.59 Å². The molecule has 0 aliphatic heterocycles. The van der Waals surface area contributed by atoms with Gasteiger partial charge in [-0.25, -0.2) is 10.4 Å².